The Kier molecular flexibility index (Phi) is 2.38. The van der Waals surface area contributed by atoms with E-state index in [0.717, 1.165) is 31.0 Å². The smallest absolute Gasteiger partial charge is 0.222 e. The van der Waals surface area contributed by atoms with Gasteiger partial charge < -0.3 is 11.5 Å². The lowest BCUT2D eigenvalue weighted by atomic mass is 10.2. The van der Waals surface area contributed by atoms with Crippen LogP contribution in [0.2, 0.25) is 0 Å². The highest BCUT2D eigenvalue weighted by atomic mass is 32.1. The molecule has 5 nitrogen and oxygen atoms in total. The van der Waals surface area contributed by atoms with E-state index in [2.05, 4.69) is 16.0 Å². The molecule has 0 fully saturated rings. The average Bonchev–Trinajstić information content (AvgIpc) is 3.05. The van der Waals surface area contributed by atoms with Crippen molar-refractivity contribution in [2.75, 3.05) is 11.5 Å². The average molecular weight is 299 g/mol. The number of thiophene rings is 2. The molecule has 0 spiro atoms. The molecule has 0 aliphatic carbocycles. The fraction of sp³-hybridized carbons (Fsp3) is 0. The van der Waals surface area contributed by atoms with Crippen LogP contribution in [0.25, 0.3) is 31.0 Å². The number of rotatable bonds is 1. The molecule has 0 atom stereocenters. The number of nitrogen functional groups attached to an aromatic ring is 2. The fourth-order valence-corrected chi connectivity index (χ4v) is 3.84. The summed E-state index contributed by atoms with van der Waals surface area (Å²) in [6, 6.07) is 8.08. The maximum atomic E-state index is 5.91. The SMILES string of the molecule is Nc1nc(N)c2sc3nc(-c4cccs4)ccc3c2n1. The molecule has 4 N–H and O–H groups in total. The van der Waals surface area contributed by atoms with E-state index < -0.39 is 0 Å². The largest absolute Gasteiger partial charge is 0.382 e. The molecule has 0 unspecified atom stereocenters. The number of anilines is 2. The molecule has 98 valence electrons. The quantitative estimate of drug-likeness (QED) is 0.563. The Morgan fingerprint density at radius 1 is 1.00 bits per heavy atom. The third-order valence-electron chi connectivity index (χ3n) is 3.00. The van der Waals surface area contributed by atoms with Crippen LogP contribution in [-0.4, -0.2) is 15.0 Å². The van der Waals surface area contributed by atoms with Gasteiger partial charge in [-0.05, 0) is 23.6 Å². The highest BCUT2D eigenvalue weighted by molar-refractivity contribution is 7.26. The maximum Gasteiger partial charge on any atom is 0.222 e. The Morgan fingerprint density at radius 3 is 2.70 bits per heavy atom. The number of fused-ring (bicyclic) bond motifs is 3. The third kappa shape index (κ3) is 1.64. The van der Waals surface area contributed by atoms with Crippen LogP contribution < -0.4 is 11.5 Å². The Bertz CT molecular complexity index is 927. The predicted molar refractivity (Wildman–Crippen MR) is 84.9 cm³/mol. The molecular formula is C13H9N5S2. The number of nitrogens with zero attached hydrogens (tertiary/aromatic N) is 3. The van der Waals surface area contributed by atoms with Crippen molar-refractivity contribution in [1.82, 2.24) is 15.0 Å². The molecule has 0 radical (unpaired) electrons. The molecule has 4 aromatic rings. The lowest BCUT2D eigenvalue weighted by molar-refractivity contribution is 1.26. The van der Waals surface area contributed by atoms with Crippen molar-refractivity contribution < 1.29 is 0 Å². The molecule has 0 amide bonds. The van der Waals surface area contributed by atoms with Gasteiger partial charge in [0, 0.05) is 5.39 Å². The summed E-state index contributed by atoms with van der Waals surface area (Å²) < 4.78 is 0.838. The van der Waals surface area contributed by atoms with Crippen LogP contribution in [-0.2, 0) is 0 Å². The molecule has 0 aliphatic heterocycles. The zero-order valence-corrected chi connectivity index (χ0v) is 11.8. The van der Waals surface area contributed by atoms with Crippen LogP contribution in [0.1, 0.15) is 0 Å². The van der Waals surface area contributed by atoms with Crippen molar-refractivity contribution >= 4 is 54.9 Å². The topological polar surface area (TPSA) is 90.7 Å². The van der Waals surface area contributed by atoms with E-state index in [-0.39, 0.29) is 5.95 Å². The Labute approximate surface area is 121 Å². The highest BCUT2D eigenvalue weighted by Gasteiger charge is 2.13. The summed E-state index contributed by atoms with van der Waals surface area (Å²) in [5, 5.41) is 3.00. The molecule has 0 saturated carbocycles. The van der Waals surface area contributed by atoms with Crippen LogP contribution in [0.15, 0.2) is 29.6 Å². The molecular weight excluding hydrogens is 290 g/mol. The van der Waals surface area contributed by atoms with Gasteiger partial charge in [-0.3, -0.25) is 0 Å². The van der Waals surface area contributed by atoms with Gasteiger partial charge in [-0.15, -0.1) is 22.7 Å². The van der Waals surface area contributed by atoms with Gasteiger partial charge in [0.15, 0.2) is 0 Å². The van der Waals surface area contributed by atoms with E-state index in [1.54, 1.807) is 11.3 Å². The molecule has 4 heterocycles. The first-order chi connectivity index (χ1) is 9.72. The zero-order valence-electron chi connectivity index (χ0n) is 10.2. The highest BCUT2D eigenvalue weighted by Crippen LogP contribution is 2.36. The first-order valence-electron chi connectivity index (χ1n) is 5.88. The predicted octanol–water partition coefficient (Wildman–Crippen LogP) is 3.13. The summed E-state index contributed by atoms with van der Waals surface area (Å²) in [7, 11) is 0. The van der Waals surface area contributed by atoms with Gasteiger partial charge in [-0.2, -0.15) is 4.98 Å². The van der Waals surface area contributed by atoms with Gasteiger partial charge in [0.05, 0.1) is 20.8 Å². The van der Waals surface area contributed by atoms with Gasteiger partial charge in [0.2, 0.25) is 5.95 Å². The van der Waals surface area contributed by atoms with Crippen molar-refractivity contribution in [3.05, 3.63) is 29.6 Å². The monoisotopic (exact) mass is 299 g/mol. The van der Waals surface area contributed by atoms with Crippen molar-refractivity contribution in [1.29, 1.82) is 0 Å². The molecule has 0 saturated heterocycles. The van der Waals surface area contributed by atoms with Gasteiger partial charge in [0.25, 0.3) is 0 Å². The van der Waals surface area contributed by atoms with Gasteiger partial charge in [-0.25, -0.2) is 9.97 Å². The minimum absolute atomic E-state index is 0.192. The second-order valence-corrected chi connectivity index (χ2v) is 6.22. The Morgan fingerprint density at radius 2 is 1.90 bits per heavy atom. The first-order valence-corrected chi connectivity index (χ1v) is 7.58. The molecule has 0 aliphatic rings. The van der Waals surface area contributed by atoms with Gasteiger partial charge >= 0.3 is 0 Å². The molecule has 4 aromatic heterocycles. The van der Waals surface area contributed by atoms with E-state index in [1.165, 1.54) is 11.3 Å². The molecule has 20 heavy (non-hydrogen) atoms. The van der Waals surface area contributed by atoms with Crippen molar-refractivity contribution in [2.45, 2.75) is 0 Å². The number of pyridine rings is 1. The lowest BCUT2D eigenvalue weighted by Gasteiger charge is -1.97. The summed E-state index contributed by atoms with van der Waals surface area (Å²) in [6.07, 6.45) is 0. The maximum absolute atomic E-state index is 5.91. The van der Waals surface area contributed by atoms with Crippen molar-refractivity contribution in [3.63, 3.8) is 0 Å². The van der Waals surface area contributed by atoms with E-state index in [9.17, 15) is 0 Å². The number of hydrogen-bond acceptors (Lipinski definition) is 7. The lowest BCUT2D eigenvalue weighted by Crippen LogP contribution is -1.98. The number of hydrogen-bond donors (Lipinski definition) is 2. The normalized spacial score (nSPS) is 11.4. The van der Waals surface area contributed by atoms with Crippen LogP contribution in [0, 0.1) is 0 Å². The van der Waals surface area contributed by atoms with Crippen molar-refractivity contribution in [3.8, 4) is 10.6 Å². The van der Waals surface area contributed by atoms with E-state index in [1.807, 2.05) is 23.6 Å². The fourth-order valence-electron chi connectivity index (χ4n) is 2.13. The van der Waals surface area contributed by atoms with Gasteiger partial charge in [-0.1, -0.05) is 6.07 Å². The Balaban J connectivity index is 2.05. The van der Waals surface area contributed by atoms with Crippen LogP contribution in [0.4, 0.5) is 11.8 Å². The molecule has 4 rings (SSSR count). The minimum Gasteiger partial charge on any atom is -0.382 e. The second kappa shape index (κ2) is 4.12. The summed E-state index contributed by atoms with van der Waals surface area (Å²) in [4.78, 5) is 15.0. The standard InChI is InChI=1S/C13H9N5S2/c14-11-10-9(17-13(15)18-11)6-3-4-7(16-12(6)20-10)8-2-1-5-19-8/h1-5H,(H4,14,15,17,18). The van der Waals surface area contributed by atoms with Gasteiger partial charge in [0.1, 0.15) is 10.6 Å². The van der Waals surface area contributed by atoms with E-state index in [0.29, 0.717) is 5.82 Å². The second-order valence-electron chi connectivity index (χ2n) is 4.27. The molecule has 0 bridgehead atoms. The number of aromatic nitrogens is 3. The van der Waals surface area contributed by atoms with Crippen LogP contribution in [0.5, 0.6) is 0 Å². The Hall–Kier alpha value is -2.25. The molecule has 7 heteroatoms. The van der Waals surface area contributed by atoms with Crippen LogP contribution in [0.3, 0.4) is 0 Å². The van der Waals surface area contributed by atoms with Crippen molar-refractivity contribution in [2.24, 2.45) is 0 Å². The summed E-state index contributed by atoms with van der Waals surface area (Å²) in [5.74, 6) is 0.602. The van der Waals surface area contributed by atoms with E-state index >= 15 is 0 Å². The third-order valence-corrected chi connectivity index (χ3v) is 5.00. The summed E-state index contributed by atoms with van der Waals surface area (Å²) >= 11 is 3.16. The minimum atomic E-state index is 0.192. The molecule has 0 aromatic carbocycles. The first kappa shape index (κ1) is 11.6. The summed E-state index contributed by atoms with van der Waals surface area (Å²) in [5.41, 5.74) is 13.3. The zero-order chi connectivity index (χ0) is 13.7. The number of nitrogens with two attached hydrogens (primary N) is 2. The van der Waals surface area contributed by atoms with Crippen LogP contribution >= 0.6 is 22.7 Å². The summed E-state index contributed by atoms with van der Waals surface area (Å²) in [6.45, 7) is 0. The van der Waals surface area contributed by atoms with E-state index in [4.69, 9.17) is 16.5 Å².